The van der Waals surface area contributed by atoms with Gasteiger partial charge in [-0.25, -0.2) is 9.67 Å². The van der Waals surface area contributed by atoms with E-state index in [9.17, 15) is 18.0 Å². The van der Waals surface area contributed by atoms with Crippen molar-refractivity contribution in [2.45, 2.75) is 44.0 Å². The first-order chi connectivity index (χ1) is 15.4. The van der Waals surface area contributed by atoms with Crippen LogP contribution in [0.4, 0.5) is 13.2 Å². The number of aromatic nitrogens is 3. The second kappa shape index (κ2) is 8.32. The minimum atomic E-state index is -4.48. The van der Waals surface area contributed by atoms with Gasteiger partial charge in [0.15, 0.2) is 5.82 Å². The van der Waals surface area contributed by atoms with Gasteiger partial charge in [0, 0.05) is 6.54 Å². The molecule has 1 saturated carbocycles. The monoisotopic (exact) mass is 462 g/mol. The second-order valence-corrected chi connectivity index (χ2v) is 8.90. The first-order valence-electron chi connectivity index (χ1n) is 10.5. The van der Waals surface area contributed by atoms with E-state index in [-0.39, 0.29) is 29.6 Å². The molecule has 0 radical (unpaired) electrons. The lowest BCUT2D eigenvalue weighted by Crippen LogP contribution is -2.55. The molecule has 2 aromatic heterocycles. The van der Waals surface area contributed by atoms with Crippen LogP contribution in [-0.4, -0.2) is 50.9 Å². The lowest BCUT2D eigenvalue weighted by atomic mass is 9.90. The molecule has 1 aliphatic heterocycles. The normalized spacial score (nSPS) is 21.4. The van der Waals surface area contributed by atoms with Crippen LogP contribution in [0.3, 0.4) is 0 Å². The zero-order valence-corrected chi connectivity index (χ0v) is 17.9. The summed E-state index contributed by atoms with van der Waals surface area (Å²) in [6.45, 7) is 0.908. The largest absolute Gasteiger partial charge is 0.416 e. The van der Waals surface area contributed by atoms with Gasteiger partial charge in [0.1, 0.15) is 0 Å². The zero-order chi connectivity index (χ0) is 22.3. The average Bonchev–Trinajstić information content (AvgIpc) is 3.48. The van der Waals surface area contributed by atoms with E-state index in [2.05, 4.69) is 10.1 Å². The highest BCUT2D eigenvalue weighted by atomic mass is 32.1. The molecule has 2 fully saturated rings. The fourth-order valence-corrected chi connectivity index (χ4v) is 5.14. The van der Waals surface area contributed by atoms with Crippen molar-refractivity contribution in [1.82, 2.24) is 19.7 Å². The molecular formula is C22H21F3N4O2S. The predicted octanol–water partition coefficient (Wildman–Crippen LogP) is 4.80. The Balaban J connectivity index is 1.54. The molecule has 3 aromatic rings. The molecule has 2 unspecified atom stereocenters. The fraction of sp³-hybridized carbons (Fsp3) is 0.409. The number of carbonyl (C=O) groups excluding carboxylic acids is 1. The van der Waals surface area contributed by atoms with Crippen molar-refractivity contribution in [2.24, 2.45) is 0 Å². The highest BCUT2D eigenvalue weighted by molar-refractivity contribution is 7.13. The van der Waals surface area contributed by atoms with Crippen molar-refractivity contribution in [3.05, 3.63) is 53.2 Å². The Morgan fingerprint density at radius 2 is 2.00 bits per heavy atom. The van der Waals surface area contributed by atoms with E-state index >= 15 is 0 Å². The summed E-state index contributed by atoms with van der Waals surface area (Å²) in [7, 11) is 0. The van der Waals surface area contributed by atoms with E-state index in [0.29, 0.717) is 23.9 Å². The third-order valence-electron chi connectivity index (χ3n) is 5.95. The van der Waals surface area contributed by atoms with Gasteiger partial charge in [0.2, 0.25) is 5.82 Å². The van der Waals surface area contributed by atoms with E-state index in [4.69, 9.17) is 4.74 Å². The average molecular weight is 462 g/mol. The van der Waals surface area contributed by atoms with Crippen molar-refractivity contribution in [1.29, 1.82) is 0 Å². The summed E-state index contributed by atoms with van der Waals surface area (Å²) < 4.78 is 47.0. The Kier molecular flexibility index (Phi) is 5.50. The third kappa shape index (κ3) is 3.93. The maximum atomic E-state index is 13.4. The Morgan fingerprint density at radius 1 is 1.16 bits per heavy atom. The molecule has 1 aromatic carbocycles. The Bertz CT molecular complexity index is 1110. The maximum absolute atomic E-state index is 13.4. The van der Waals surface area contributed by atoms with Crippen LogP contribution in [0.15, 0.2) is 41.8 Å². The SMILES string of the molecule is O=C(c1nc(-c2cccs2)n(-c2cccc(C(F)(F)F)c2)n1)N1CCOC2CCCCC21. The number of nitrogens with zero attached hydrogens (tertiary/aromatic N) is 4. The summed E-state index contributed by atoms with van der Waals surface area (Å²) in [5.74, 6) is 0.0156. The number of hydrogen-bond donors (Lipinski definition) is 0. The van der Waals surface area contributed by atoms with Gasteiger partial charge < -0.3 is 9.64 Å². The topological polar surface area (TPSA) is 60.2 Å². The van der Waals surface area contributed by atoms with Crippen LogP contribution in [0.5, 0.6) is 0 Å². The van der Waals surface area contributed by atoms with E-state index in [1.165, 1.54) is 28.2 Å². The van der Waals surface area contributed by atoms with E-state index in [1.807, 2.05) is 11.4 Å². The van der Waals surface area contributed by atoms with Crippen molar-refractivity contribution < 1.29 is 22.7 Å². The molecule has 1 saturated heterocycles. The van der Waals surface area contributed by atoms with Gasteiger partial charge in [0.05, 0.1) is 34.9 Å². The number of fused-ring (bicyclic) bond motifs is 1. The lowest BCUT2D eigenvalue weighted by Gasteiger charge is -2.43. The number of hydrogen-bond acceptors (Lipinski definition) is 5. The van der Waals surface area contributed by atoms with Gasteiger partial charge in [-0.2, -0.15) is 13.2 Å². The minimum Gasteiger partial charge on any atom is -0.374 e. The molecule has 2 atom stereocenters. The quantitative estimate of drug-likeness (QED) is 0.561. The van der Waals surface area contributed by atoms with Crippen molar-refractivity contribution in [3.8, 4) is 16.4 Å². The number of amides is 1. The standard InChI is InChI=1S/C22H21F3N4O2S/c23-22(24,25)14-5-3-6-15(13-14)29-20(18-9-4-12-32-18)26-19(27-29)21(30)28-10-11-31-17-8-2-1-7-16(17)28/h3-6,9,12-13,16-17H,1-2,7-8,10-11H2. The van der Waals surface area contributed by atoms with Gasteiger partial charge in [0.25, 0.3) is 5.91 Å². The summed E-state index contributed by atoms with van der Waals surface area (Å²) in [5.41, 5.74) is -0.582. The molecule has 1 aliphatic carbocycles. The van der Waals surface area contributed by atoms with Crippen LogP contribution in [0.1, 0.15) is 41.9 Å². The van der Waals surface area contributed by atoms with Crippen LogP contribution in [0.2, 0.25) is 0 Å². The van der Waals surface area contributed by atoms with Gasteiger partial charge in [-0.3, -0.25) is 4.79 Å². The van der Waals surface area contributed by atoms with Gasteiger partial charge in [-0.1, -0.05) is 25.0 Å². The van der Waals surface area contributed by atoms with Crippen LogP contribution in [0.25, 0.3) is 16.4 Å². The zero-order valence-electron chi connectivity index (χ0n) is 17.1. The Hall–Kier alpha value is -2.72. The molecule has 5 rings (SSSR count). The highest BCUT2D eigenvalue weighted by Gasteiger charge is 2.38. The number of benzene rings is 1. The van der Waals surface area contributed by atoms with Crippen molar-refractivity contribution in [3.63, 3.8) is 0 Å². The Labute approximate surface area is 186 Å². The molecule has 0 spiro atoms. The number of rotatable bonds is 3. The fourth-order valence-electron chi connectivity index (χ4n) is 4.44. The lowest BCUT2D eigenvalue weighted by molar-refractivity contribution is -0.137. The third-order valence-corrected chi connectivity index (χ3v) is 6.82. The molecule has 2 aliphatic rings. The summed E-state index contributed by atoms with van der Waals surface area (Å²) in [4.78, 5) is 20.4. The molecular weight excluding hydrogens is 441 g/mol. The molecule has 0 N–H and O–H groups in total. The van der Waals surface area contributed by atoms with Gasteiger partial charge >= 0.3 is 6.18 Å². The summed E-state index contributed by atoms with van der Waals surface area (Å²) in [6, 6.07) is 8.49. The molecule has 32 heavy (non-hydrogen) atoms. The Morgan fingerprint density at radius 3 is 2.78 bits per heavy atom. The number of alkyl halides is 3. The molecule has 3 heterocycles. The minimum absolute atomic E-state index is 0.0166. The molecule has 168 valence electrons. The molecule has 6 nitrogen and oxygen atoms in total. The second-order valence-electron chi connectivity index (χ2n) is 7.96. The number of thiophene rings is 1. The van der Waals surface area contributed by atoms with E-state index in [0.717, 1.165) is 37.8 Å². The summed E-state index contributed by atoms with van der Waals surface area (Å²) in [5, 5.41) is 6.23. The summed E-state index contributed by atoms with van der Waals surface area (Å²) in [6.07, 6.45) is -0.579. The van der Waals surface area contributed by atoms with Gasteiger partial charge in [-0.15, -0.1) is 16.4 Å². The number of carbonyl (C=O) groups is 1. The molecule has 1 amide bonds. The van der Waals surface area contributed by atoms with Crippen molar-refractivity contribution >= 4 is 17.2 Å². The molecule has 10 heteroatoms. The van der Waals surface area contributed by atoms with Crippen molar-refractivity contribution in [2.75, 3.05) is 13.2 Å². The van der Waals surface area contributed by atoms with E-state index < -0.39 is 11.7 Å². The smallest absolute Gasteiger partial charge is 0.374 e. The van der Waals surface area contributed by atoms with Crippen LogP contribution >= 0.6 is 11.3 Å². The van der Waals surface area contributed by atoms with E-state index in [1.54, 1.807) is 11.0 Å². The first-order valence-corrected chi connectivity index (χ1v) is 11.4. The number of halogens is 3. The van der Waals surface area contributed by atoms with Crippen LogP contribution < -0.4 is 0 Å². The number of ether oxygens (including phenoxy) is 1. The van der Waals surface area contributed by atoms with Gasteiger partial charge in [-0.05, 0) is 42.5 Å². The predicted molar refractivity (Wildman–Crippen MR) is 113 cm³/mol. The molecule has 0 bridgehead atoms. The van der Waals surface area contributed by atoms with Crippen LogP contribution in [-0.2, 0) is 10.9 Å². The van der Waals surface area contributed by atoms with Crippen LogP contribution in [0, 0.1) is 0 Å². The summed E-state index contributed by atoms with van der Waals surface area (Å²) >= 11 is 1.38. The maximum Gasteiger partial charge on any atom is 0.416 e. The number of morpholine rings is 1. The highest BCUT2D eigenvalue weighted by Crippen LogP contribution is 2.33. The first kappa shape index (κ1) is 21.1.